The normalized spacial score (nSPS) is 15.4. The van der Waals surface area contributed by atoms with Crippen molar-refractivity contribution in [3.63, 3.8) is 0 Å². The van der Waals surface area contributed by atoms with E-state index in [4.69, 9.17) is 0 Å². The van der Waals surface area contributed by atoms with Gasteiger partial charge in [0.2, 0.25) is 11.7 Å². The summed E-state index contributed by atoms with van der Waals surface area (Å²) in [5.74, 6) is -0.442. The van der Waals surface area contributed by atoms with Crippen LogP contribution in [0.25, 0.3) is 0 Å². The summed E-state index contributed by atoms with van der Waals surface area (Å²) >= 11 is 0. The Morgan fingerprint density at radius 2 is 1.67 bits per heavy atom. The third kappa shape index (κ3) is 3.99. The Balaban J connectivity index is 1.60. The predicted octanol–water partition coefficient (Wildman–Crippen LogP) is 3.99. The lowest BCUT2D eigenvalue weighted by molar-refractivity contribution is -0.118. The molecular weight excluding hydrogens is 438 g/mol. The number of imidazole rings is 1. The van der Waals surface area contributed by atoms with Crippen LogP contribution in [0.2, 0.25) is 0 Å². The maximum absolute atomic E-state index is 13.6. The number of carbonyl (C=O) groups excluding carboxylic acids is 2. The summed E-state index contributed by atoms with van der Waals surface area (Å²) < 4.78 is 27.4. The maximum atomic E-state index is 13.6. The molecule has 0 spiro atoms. The van der Waals surface area contributed by atoms with Crippen molar-refractivity contribution < 1.29 is 18.0 Å². The van der Waals surface area contributed by atoms with Crippen LogP contribution in [0.15, 0.2) is 59.8 Å². The lowest BCUT2D eigenvalue weighted by Gasteiger charge is -2.28. The molecule has 0 saturated heterocycles. The van der Waals surface area contributed by atoms with Gasteiger partial charge < -0.3 is 9.88 Å². The summed E-state index contributed by atoms with van der Waals surface area (Å²) in [6.07, 6.45) is 5.16. The van der Waals surface area contributed by atoms with Gasteiger partial charge in [0.05, 0.1) is 4.90 Å². The number of nitrogens with one attached hydrogen (secondary N) is 1. The van der Waals surface area contributed by atoms with Crippen LogP contribution in [0, 0.1) is 13.8 Å². The first-order valence-electron chi connectivity index (χ1n) is 10.9. The van der Waals surface area contributed by atoms with E-state index in [1.165, 1.54) is 0 Å². The Hall–Kier alpha value is -3.26. The highest BCUT2D eigenvalue weighted by Gasteiger charge is 2.53. The van der Waals surface area contributed by atoms with Gasteiger partial charge in [-0.15, -0.1) is 0 Å². The zero-order valence-corrected chi connectivity index (χ0v) is 19.8. The van der Waals surface area contributed by atoms with Crippen LogP contribution < -0.4 is 5.32 Å². The fourth-order valence-corrected chi connectivity index (χ4v) is 6.49. The zero-order chi connectivity index (χ0) is 23.8. The van der Waals surface area contributed by atoms with Gasteiger partial charge in [0.25, 0.3) is 0 Å². The molecule has 1 heterocycles. The second-order valence-electron chi connectivity index (χ2n) is 8.67. The van der Waals surface area contributed by atoms with E-state index in [-0.39, 0.29) is 23.5 Å². The van der Waals surface area contributed by atoms with Crippen LogP contribution >= 0.6 is 0 Å². The molecule has 1 saturated carbocycles. The van der Waals surface area contributed by atoms with Gasteiger partial charge >= 0.3 is 0 Å². The van der Waals surface area contributed by atoms with Gasteiger partial charge in [-0.25, -0.2) is 13.4 Å². The van der Waals surface area contributed by atoms with Crippen molar-refractivity contribution >= 4 is 27.2 Å². The smallest absolute Gasteiger partial charge is 0.246 e. The first kappa shape index (κ1) is 22.9. The number of benzene rings is 2. The number of aryl methyl sites for hydroxylation is 3. The van der Waals surface area contributed by atoms with E-state index < -0.39 is 20.5 Å². The SMILES string of the molecule is Cc1ccc(S(=O)(=O)C2(C(=O)Nc3ccc(C(=O)c4nccn4C)cc3)CCCC2)cc1C. The van der Waals surface area contributed by atoms with Crippen LogP contribution in [-0.2, 0) is 21.7 Å². The number of hydrogen-bond acceptors (Lipinski definition) is 5. The molecule has 3 aromatic rings. The second-order valence-corrected chi connectivity index (χ2v) is 10.9. The molecule has 33 heavy (non-hydrogen) atoms. The molecule has 2 aromatic carbocycles. The van der Waals surface area contributed by atoms with Crippen LogP contribution in [0.3, 0.4) is 0 Å². The van der Waals surface area contributed by atoms with Crippen LogP contribution in [0.5, 0.6) is 0 Å². The summed E-state index contributed by atoms with van der Waals surface area (Å²) in [5, 5.41) is 2.79. The topological polar surface area (TPSA) is 98.1 Å². The minimum absolute atomic E-state index is 0.179. The van der Waals surface area contributed by atoms with Crippen molar-refractivity contribution in [1.82, 2.24) is 9.55 Å². The molecule has 1 aromatic heterocycles. The number of aromatic nitrogens is 2. The maximum Gasteiger partial charge on any atom is 0.246 e. The van der Waals surface area contributed by atoms with Crippen molar-refractivity contribution in [2.24, 2.45) is 7.05 Å². The number of ketones is 1. The molecule has 8 heteroatoms. The first-order valence-corrected chi connectivity index (χ1v) is 12.4. The Morgan fingerprint density at radius 3 is 2.24 bits per heavy atom. The molecule has 1 aliphatic carbocycles. The standard InChI is InChI=1S/C25H27N3O4S/c1-17-6-11-21(16-18(17)2)33(31,32)25(12-4-5-13-25)24(30)27-20-9-7-19(8-10-20)22(29)23-26-14-15-28(23)3/h6-11,14-16H,4-5,12-13H2,1-3H3,(H,27,30). The van der Waals surface area contributed by atoms with E-state index in [2.05, 4.69) is 10.3 Å². The fourth-order valence-electron chi connectivity index (χ4n) is 4.33. The predicted molar refractivity (Wildman–Crippen MR) is 126 cm³/mol. The molecule has 0 aliphatic heterocycles. The van der Waals surface area contributed by atoms with E-state index in [1.54, 1.807) is 66.5 Å². The second kappa shape index (κ2) is 8.59. The van der Waals surface area contributed by atoms with Crippen molar-refractivity contribution in [3.05, 3.63) is 77.4 Å². The van der Waals surface area contributed by atoms with Gasteiger partial charge in [0.1, 0.15) is 0 Å². The van der Waals surface area contributed by atoms with Crippen molar-refractivity contribution in [1.29, 1.82) is 0 Å². The quantitative estimate of drug-likeness (QED) is 0.555. The highest BCUT2D eigenvalue weighted by molar-refractivity contribution is 7.93. The first-order chi connectivity index (χ1) is 15.7. The van der Waals surface area contributed by atoms with Gasteiger partial charge in [0, 0.05) is 30.7 Å². The molecular formula is C25H27N3O4S. The van der Waals surface area contributed by atoms with Crippen molar-refractivity contribution in [2.45, 2.75) is 49.2 Å². The Bertz CT molecular complexity index is 1320. The molecule has 1 fully saturated rings. The number of rotatable bonds is 6. The van der Waals surface area contributed by atoms with Gasteiger partial charge in [-0.05, 0) is 74.2 Å². The van der Waals surface area contributed by atoms with Crippen LogP contribution in [-0.4, -0.2) is 34.4 Å². The highest BCUT2D eigenvalue weighted by Crippen LogP contribution is 2.41. The lowest BCUT2D eigenvalue weighted by atomic mass is 10.1. The molecule has 1 N–H and O–H groups in total. The fraction of sp³-hybridized carbons (Fsp3) is 0.320. The Labute approximate surface area is 193 Å². The number of sulfone groups is 1. The van der Waals surface area contributed by atoms with Crippen molar-refractivity contribution in [3.8, 4) is 0 Å². The number of amides is 1. The van der Waals surface area contributed by atoms with Gasteiger partial charge in [-0.1, -0.05) is 18.9 Å². The van der Waals surface area contributed by atoms with Gasteiger partial charge in [-0.2, -0.15) is 0 Å². The molecule has 0 radical (unpaired) electrons. The molecule has 172 valence electrons. The molecule has 4 rings (SSSR count). The lowest BCUT2D eigenvalue weighted by Crippen LogP contribution is -2.47. The van der Waals surface area contributed by atoms with E-state index in [1.807, 2.05) is 13.8 Å². The Morgan fingerprint density at radius 1 is 1.00 bits per heavy atom. The monoisotopic (exact) mass is 465 g/mol. The summed E-state index contributed by atoms with van der Waals surface area (Å²) in [4.78, 5) is 30.2. The number of nitrogens with zero attached hydrogens (tertiary/aromatic N) is 2. The molecule has 1 aliphatic rings. The zero-order valence-electron chi connectivity index (χ0n) is 19.0. The highest BCUT2D eigenvalue weighted by atomic mass is 32.2. The van der Waals surface area contributed by atoms with E-state index in [9.17, 15) is 18.0 Å². The largest absolute Gasteiger partial charge is 0.331 e. The third-order valence-electron chi connectivity index (χ3n) is 6.56. The number of anilines is 1. The van der Waals surface area contributed by atoms with Gasteiger partial charge in [0.15, 0.2) is 20.4 Å². The summed E-state index contributed by atoms with van der Waals surface area (Å²) in [6.45, 7) is 3.79. The summed E-state index contributed by atoms with van der Waals surface area (Å²) in [7, 11) is -2.15. The molecule has 1 amide bonds. The minimum atomic E-state index is -3.89. The summed E-state index contributed by atoms with van der Waals surface area (Å²) in [5.41, 5.74) is 2.75. The average molecular weight is 466 g/mol. The summed E-state index contributed by atoms with van der Waals surface area (Å²) in [6, 6.07) is 11.4. The molecule has 7 nitrogen and oxygen atoms in total. The number of carbonyl (C=O) groups is 2. The van der Waals surface area contributed by atoms with Crippen molar-refractivity contribution in [2.75, 3.05) is 5.32 Å². The van der Waals surface area contributed by atoms with E-state index >= 15 is 0 Å². The van der Waals surface area contributed by atoms with Gasteiger partial charge in [-0.3, -0.25) is 9.59 Å². The molecule has 0 bridgehead atoms. The van der Waals surface area contributed by atoms with Crippen LogP contribution in [0.1, 0.15) is 53.0 Å². The average Bonchev–Trinajstić information content (AvgIpc) is 3.46. The molecule has 0 atom stereocenters. The van der Waals surface area contributed by atoms with E-state index in [0.717, 1.165) is 11.1 Å². The molecule has 0 unspecified atom stereocenters. The Kier molecular flexibility index (Phi) is 5.97. The van der Waals surface area contributed by atoms with E-state index in [0.29, 0.717) is 29.9 Å². The minimum Gasteiger partial charge on any atom is -0.331 e. The van der Waals surface area contributed by atoms with Crippen LogP contribution in [0.4, 0.5) is 5.69 Å². The number of hydrogen-bond donors (Lipinski definition) is 1. The third-order valence-corrected chi connectivity index (χ3v) is 9.05.